The van der Waals surface area contributed by atoms with Crippen LogP contribution >= 0.6 is 11.8 Å². The van der Waals surface area contributed by atoms with Crippen LogP contribution in [-0.4, -0.2) is 31.3 Å². The molecule has 6 heteroatoms. The zero-order valence-electron chi connectivity index (χ0n) is 13.8. The van der Waals surface area contributed by atoms with Crippen LogP contribution in [0.25, 0.3) is 0 Å². The summed E-state index contributed by atoms with van der Waals surface area (Å²) in [6.07, 6.45) is 0. The van der Waals surface area contributed by atoms with Gasteiger partial charge in [0.05, 0.1) is 0 Å². The number of urea groups is 1. The second-order valence-electron chi connectivity index (χ2n) is 5.17. The van der Waals surface area contributed by atoms with Gasteiger partial charge in [-0.05, 0) is 36.4 Å². The Hall–Kier alpha value is -2.47. The molecule has 2 N–H and O–H groups in total. The fraction of sp³-hybridized carbons (Fsp3) is 0.222. The Labute approximate surface area is 146 Å². The Bertz CT molecular complexity index is 674. The molecule has 0 saturated heterocycles. The summed E-state index contributed by atoms with van der Waals surface area (Å²) in [6, 6.07) is 17.0. The Morgan fingerprint density at radius 2 is 1.71 bits per heavy atom. The third-order valence-electron chi connectivity index (χ3n) is 3.38. The molecule has 2 aromatic rings. The molecule has 2 aromatic carbocycles. The van der Waals surface area contributed by atoms with E-state index in [1.807, 2.05) is 30.3 Å². The maximum Gasteiger partial charge on any atom is 0.319 e. The molecule has 0 spiro atoms. The van der Waals surface area contributed by atoms with Crippen LogP contribution in [0.3, 0.4) is 0 Å². The number of rotatable bonds is 6. The van der Waals surface area contributed by atoms with Gasteiger partial charge in [0.25, 0.3) is 0 Å². The number of hydrogen-bond acceptors (Lipinski definition) is 3. The fourth-order valence-electron chi connectivity index (χ4n) is 1.98. The molecule has 0 aliphatic heterocycles. The normalized spacial score (nSPS) is 10.1. The van der Waals surface area contributed by atoms with Crippen molar-refractivity contribution in [2.75, 3.05) is 29.6 Å². The van der Waals surface area contributed by atoms with Crippen molar-refractivity contribution >= 4 is 35.1 Å². The van der Waals surface area contributed by atoms with Gasteiger partial charge in [-0.15, -0.1) is 11.8 Å². The molecule has 126 valence electrons. The van der Waals surface area contributed by atoms with Gasteiger partial charge in [0.15, 0.2) is 0 Å². The topological polar surface area (TPSA) is 61.4 Å². The van der Waals surface area contributed by atoms with Crippen molar-refractivity contribution in [1.29, 1.82) is 0 Å². The number of amides is 3. The predicted molar refractivity (Wildman–Crippen MR) is 99.7 cm³/mol. The zero-order chi connectivity index (χ0) is 17.4. The number of nitrogens with zero attached hydrogens (tertiary/aromatic N) is 1. The van der Waals surface area contributed by atoms with Gasteiger partial charge >= 0.3 is 6.03 Å². The molecule has 0 atom stereocenters. The minimum Gasteiger partial charge on any atom is -0.337 e. The van der Waals surface area contributed by atoms with E-state index >= 15 is 0 Å². The van der Waals surface area contributed by atoms with Crippen LogP contribution in [-0.2, 0) is 4.79 Å². The van der Waals surface area contributed by atoms with Crippen LogP contribution in [0.15, 0.2) is 59.5 Å². The van der Waals surface area contributed by atoms with Gasteiger partial charge < -0.3 is 15.5 Å². The average molecular weight is 343 g/mol. The molecule has 24 heavy (non-hydrogen) atoms. The molecule has 0 aromatic heterocycles. The predicted octanol–water partition coefficient (Wildman–Crippen LogP) is 3.58. The molecule has 0 radical (unpaired) electrons. The standard InChI is InChI=1S/C18H21N3O2S/c1-14(22)21(2)16-10-8-15(9-11-16)20-18(23)19-12-13-24-17-6-4-3-5-7-17/h3-11H,12-13H2,1-2H3,(H2,19,20,23). The molecule has 0 aliphatic rings. The number of thioether (sulfide) groups is 1. The van der Waals surface area contributed by atoms with E-state index in [0.29, 0.717) is 12.2 Å². The van der Waals surface area contributed by atoms with Crippen LogP contribution in [0.2, 0.25) is 0 Å². The fourth-order valence-corrected chi connectivity index (χ4v) is 2.77. The van der Waals surface area contributed by atoms with Crippen molar-refractivity contribution in [3.05, 3.63) is 54.6 Å². The second-order valence-corrected chi connectivity index (χ2v) is 6.34. The van der Waals surface area contributed by atoms with Crippen molar-refractivity contribution in [1.82, 2.24) is 5.32 Å². The van der Waals surface area contributed by atoms with Crippen LogP contribution in [0.4, 0.5) is 16.2 Å². The van der Waals surface area contributed by atoms with E-state index in [-0.39, 0.29) is 11.9 Å². The number of nitrogens with one attached hydrogen (secondary N) is 2. The lowest BCUT2D eigenvalue weighted by molar-refractivity contribution is -0.116. The number of anilines is 2. The van der Waals surface area contributed by atoms with Gasteiger partial charge in [-0.1, -0.05) is 18.2 Å². The van der Waals surface area contributed by atoms with E-state index in [0.717, 1.165) is 11.4 Å². The Kier molecular flexibility index (Phi) is 6.69. The third kappa shape index (κ3) is 5.62. The zero-order valence-corrected chi connectivity index (χ0v) is 14.6. The first-order valence-electron chi connectivity index (χ1n) is 7.63. The summed E-state index contributed by atoms with van der Waals surface area (Å²) in [5, 5.41) is 5.59. The maximum atomic E-state index is 11.9. The van der Waals surface area contributed by atoms with E-state index in [2.05, 4.69) is 10.6 Å². The Balaban J connectivity index is 1.73. The van der Waals surface area contributed by atoms with Crippen LogP contribution in [0.1, 0.15) is 6.92 Å². The third-order valence-corrected chi connectivity index (χ3v) is 4.40. The largest absolute Gasteiger partial charge is 0.337 e. The summed E-state index contributed by atoms with van der Waals surface area (Å²) in [7, 11) is 1.71. The summed E-state index contributed by atoms with van der Waals surface area (Å²) in [4.78, 5) is 25.9. The summed E-state index contributed by atoms with van der Waals surface area (Å²) in [6.45, 7) is 2.09. The van der Waals surface area contributed by atoms with Crippen LogP contribution < -0.4 is 15.5 Å². The van der Waals surface area contributed by atoms with Crippen molar-refractivity contribution < 1.29 is 9.59 Å². The summed E-state index contributed by atoms with van der Waals surface area (Å²) < 4.78 is 0. The smallest absolute Gasteiger partial charge is 0.319 e. The molecule has 0 unspecified atom stereocenters. The van der Waals surface area contributed by atoms with Crippen molar-refractivity contribution in [2.24, 2.45) is 0 Å². The van der Waals surface area contributed by atoms with Crippen LogP contribution in [0.5, 0.6) is 0 Å². The summed E-state index contributed by atoms with van der Waals surface area (Å²) >= 11 is 1.70. The van der Waals surface area contributed by atoms with Crippen molar-refractivity contribution in [3.63, 3.8) is 0 Å². The highest BCUT2D eigenvalue weighted by Crippen LogP contribution is 2.17. The highest BCUT2D eigenvalue weighted by atomic mass is 32.2. The molecule has 5 nitrogen and oxygen atoms in total. The number of hydrogen-bond donors (Lipinski definition) is 2. The number of benzene rings is 2. The molecule has 2 rings (SSSR count). The van der Waals surface area contributed by atoms with Gasteiger partial charge in [0.2, 0.25) is 5.91 Å². The van der Waals surface area contributed by atoms with Crippen molar-refractivity contribution in [2.45, 2.75) is 11.8 Å². The van der Waals surface area contributed by atoms with E-state index < -0.39 is 0 Å². The molecule has 0 saturated carbocycles. The summed E-state index contributed by atoms with van der Waals surface area (Å²) in [5.74, 6) is 0.768. The SMILES string of the molecule is CC(=O)N(C)c1ccc(NC(=O)NCCSc2ccccc2)cc1. The minimum atomic E-state index is -0.240. The second kappa shape index (κ2) is 8.98. The lowest BCUT2D eigenvalue weighted by Crippen LogP contribution is -2.30. The van der Waals surface area contributed by atoms with Gasteiger partial charge in [-0.2, -0.15) is 0 Å². The van der Waals surface area contributed by atoms with E-state index in [1.54, 1.807) is 48.0 Å². The molecule has 3 amide bonds. The first kappa shape index (κ1) is 17.9. The number of carbonyl (C=O) groups is 2. The quantitative estimate of drug-likeness (QED) is 0.622. The Morgan fingerprint density at radius 3 is 2.33 bits per heavy atom. The highest BCUT2D eigenvalue weighted by molar-refractivity contribution is 7.99. The number of carbonyl (C=O) groups excluding carboxylic acids is 2. The molecule has 0 fully saturated rings. The van der Waals surface area contributed by atoms with Gasteiger partial charge in [0.1, 0.15) is 0 Å². The van der Waals surface area contributed by atoms with Gasteiger partial charge in [-0.25, -0.2) is 4.79 Å². The lowest BCUT2D eigenvalue weighted by Gasteiger charge is -2.15. The lowest BCUT2D eigenvalue weighted by atomic mass is 10.2. The van der Waals surface area contributed by atoms with Gasteiger partial charge in [0, 0.05) is 42.5 Å². The molecule has 0 heterocycles. The monoisotopic (exact) mass is 343 g/mol. The molecular weight excluding hydrogens is 322 g/mol. The molecule has 0 aliphatic carbocycles. The molecule has 0 bridgehead atoms. The minimum absolute atomic E-state index is 0.0376. The highest BCUT2D eigenvalue weighted by Gasteiger charge is 2.06. The first-order valence-corrected chi connectivity index (χ1v) is 8.62. The first-order chi connectivity index (χ1) is 11.6. The summed E-state index contributed by atoms with van der Waals surface area (Å²) in [5.41, 5.74) is 1.47. The maximum absolute atomic E-state index is 11.9. The average Bonchev–Trinajstić information content (AvgIpc) is 2.59. The van der Waals surface area contributed by atoms with Gasteiger partial charge in [-0.3, -0.25) is 4.79 Å². The van der Waals surface area contributed by atoms with E-state index in [9.17, 15) is 9.59 Å². The van der Waals surface area contributed by atoms with E-state index in [4.69, 9.17) is 0 Å². The van der Waals surface area contributed by atoms with E-state index in [1.165, 1.54) is 11.8 Å². The Morgan fingerprint density at radius 1 is 1.04 bits per heavy atom. The molecular formula is C18H21N3O2S. The van der Waals surface area contributed by atoms with Crippen LogP contribution in [0, 0.1) is 0 Å². The van der Waals surface area contributed by atoms with Crippen molar-refractivity contribution in [3.8, 4) is 0 Å².